The number of nitrogens with one attached hydrogen (secondary N) is 1. The van der Waals surface area contributed by atoms with Gasteiger partial charge in [-0.05, 0) is 58.6 Å². The number of amides is 5. The van der Waals surface area contributed by atoms with Gasteiger partial charge in [-0.15, -0.1) is 0 Å². The number of imide groups is 2. The smallest absolute Gasteiger partial charge is 0.410 e. The summed E-state index contributed by atoms with van der Waals surface area (Å²) in [5.41, 5.74) is -0.339. The van der Waals surface area contributed by atoms with Gasteiger partial charge in [0.15, 0.2) is 0 Å². The van der Waals surface area contributed by atoms with Crippen LogP contribution in [0.1, 0.15) is 85.1 Å². The first-order valence-electron chi connectivity index (χ1n) is 11.0. The largest absolute Gasteiger partial charge is 0.415 e. The second-order valence-corrected chi connectivity index (χ2v) is 9.44. The Kier molecular flexibility index (Phi) is 5.52. The van der Waals surface area contributed by atoms with Crippen LogP contribution in [0.25, 0.3) is 0 Å². The molecule has 1 aromatic rings. The van der Waals surface area contributed by atoms with Crippen LogP contribution in [-0.4, -0.2) is 58.2 Å². The zero-order valence-electron chi connectivity index (χ0n) is 18.5. The molecule has 1 aromatic carbocycles. The highest BCUT2D eigenvalue weighted by Gasteiger charge is 2.46. The summed E-state index contributed by atoms with van der Waals surface area (Å²) in [6, 6.07) is 2.94. The molecule has 9 heteroatoms. The van der Waals surface area contributed by atoms with Crippen molar-refractivity contribution in [1.29, 1.82) is 0 Å². The molecule has 32 heavy (non-hydrogen) atoms. The number of fused-ring (bicyclic) bond motifs is 1. The molecule has 0 saturated carbocycles. The van der Waals surface area contributed by atoms with Crippen LogP contribution < -0.4 is 10.1 Å². The molecule has 2 fully saturated rings. The molecule has 0 spiro atoms. The van der Waals surface area contributed by atoms with Gasteiger partial charge in [-0.2, -0.15) is 0 Å². The number of carbonyl (C=O) groups excluding carboxylic acids is 5. The molecule has 3 aliphatic rings. The highest BCUT2D eigenvalue weighted by atomic mass is 16.6. The van der Waals surface area contributed by atoms with Gasteiger partial charge in [0.05, 0.1) is 17.0 Å². The molecule has 0 aromatic heterocycles. The molecule has 4 rings (SSSR count). The molecule has 1 unspecified atom stereocenters. The summed E-state index contributed by atoms with van der Waals surface area (Å²) in [4.78, 5) is 66.4. The first kappa shape index (κ1) is 22.0. The highest BCUT2D eigenvalue weighted by Crippen LogP contribution is 2.41. The van der Waals surface area contributed by atoms with E-state index in [9.17, 15) is 24.0 Å². The van der Waals surface area contributed by atoms with E-state index in [1.807, 2.05) is 0 Å². The summed E-state index contributed by atoms with van der Waals surface area (Å²) >= 11 is 0. The number of rotatable bonds is 2. The Hall–Kier alpha value is -3.23. The molecule has 0 bridgehead atoms. The minimum Gasteiger partial charge on any atom is -0.410 e. The molecule has 3 heterocycles. The van der Waals surface area contributed by atoms with Gasteiger partial charge < -0.3 is 9.64 Å². The second kappa shape index (κ2) is 8.03. The predicted molar refractivity (Wildman–Crippen MR) is 113 cm³/mol. The Morgan fingerprint density at radius 1 is 1.03 bits per heavy atom. The minimum atomic E-state index is -0.886. The molecule has 1 N–H and O–H groups in total. The zero-order valence-corrected chi connectivity index (χ0v) is 18.5. The third-order valence-electron chi connectivity index (χ3n) is 6.13. The summed E-state index contributed by atoms with van der Waals surface area (Å²) in [6.07, 6.45) is 2.50. The number of benzene rings is 1. The molecular formula is C23H27N3O6. The maximum Gasteiger partial charge on any atom is 0.415 e. The van der Waals surface area contributed by atoms with Crippen molar-refractivity contribution in [3.8, 4) is 5.75 Å². The Morgan fingerprint density at radius 2 is 1.72 bits per heavy atom. The Bertz CT molecular complexity index is 1020. The van der Waals surface area contributed by atoms with E-state index in [2.05, 4.69) is 5.32 Å². The summed E-state index contributed by atoms with van der Waals surface area (Å²) in [5, 5.41) is 2.29. The number of nitrogens with zero attached hydrogens (tertiary/aromatic N) is 2. The number of hydrogen-bond donors (Lipinski definition) is 1. The summed E-state index contributed by atoms with van der Waals surface area (Å²) in [7, 11) is 0. The predicted octanol–water partition coefficient (Wildman–Crippen LogP) is 2.59. The zero-order chi connectivity index (χ0) is 23.2. The lowest BCUT2D eigenvalue weighted by Crippen LogP contribution is -2.45. The SMILES string of the molecule is CC(C)(C)N1C(=O)c2ccc(OC(=O)N3CCCCC3)c(C3CCC(=O)NC3=O)c2C1=O. The lowest BCUT2D eigenvalue weighted by Gasteiger charge is -2.30. The van der Waals surface area contributed by atoms with Crippen LogP contribution in [0, 0.1) is 0 Å². The number of ether oxygens (including phenoxy) is 1. The fourth-order valence-electron chi connectivity index (χ4n) is 4.58. The van der Waals surface area contributed by atoms with Crippen LogP contribution in [0.5, 0.6) is 5.75 Å². The van der Waals surface area contributed by atoms with Gasteiger partial charge in [0.25, 0.3) is 11.8 Å². The van der Waals surface area contributed by atoms with Crippen LogP contribution in [-0.2, 0) is 9.59 Å². The van der Waals surface area contributed by atoms with Crippen molar-refractivity contribution in [3.63, 3.8) is 0 Å². The lowest BCUT2D eigenvalue weighted by atomic mass is 9.85. The molecule has 9 nitrogen and oxygen atoms in total. The van der Waals surface area contributed by atoms with Gasteiger partial charge in [0.1, 0.15) is 5.75 Å². The van der Waals surface area contributed by atoms with Gasteiger partial charge in [-0.3, -0.25) is 29.4 Å². The van der Waals surface area contributed by atoms with Crippen molar-refractivity contribution < 1.29 is 28.7 Å². The molecule has 2 saturated heterocycles. The summed E-state index contributed by atoms with van der Waals surface area (Å²) < 4.78 is 5.68. The van der Waals surface area contributed by atoms with E-state index in [0.717, 1.165) is 24.2 Å². The molecule has 5 amide bonds. The van der Waals surface area contributed by atoms with Crippen LogP contribution >= 0.6 is 0 Å². The molecule has 0 radical (unpaired) electrons. The first-order valence-corrected chi connectivity index (χ1v) is 11.0. The van der Waals surface area contributed by atoms with Crippen LogP contribution in [0.3, 0.4) is 0 Å². The first-order chi connectivity index (χ1) is 15.1. The number of hydrogen-bond acceptors (Lipinski definition) is 6. The van der Waals surface area contributed by atoms with E-state index < -0.39 is 41.2 Å². The molecule has 1 atom stereocenters. The molecule has 170 valence electrons. The van der Waals surface area contributed by atoms with E-state index in [1.54, 1.807) is 25.7 Å². The second-order valence-electron chi connectivity index (χ2n) is 9.44. The molecule has 3 aliphatic heterocycles. The van der Waals surface area contributed by atoms with Crippen molar-refractivity contribution in [2.45, 2.75) is 64.3 Å². The standard InChI is InChI=1S/C23H27N3O6/c1-23(2,3)26-20(29)14-7-9-15(32-22(31)25-11-5-4-6-12-25)17(18(14)21(26)30)13-8-10-16(27)24-19(13)28/h7,9,13H,4-6,8,10-12H2,1-3H3,(H,24,27,28). The van der Waals surface area contributed by atoms with Crippen molar-refractivity contribution in [2.75, 3.05) is 13.1 Å². The average molecular weight is 441 g/mol. The van der Waals surface area contributed by atoms with Crippen LogP contribution in [0.2, 0.25) is 0 Å². The molecule has 0 aliphatic carbocycles. The topological polar surface area (TPSA) is 113 Å². The van der Waals surface area contributed by atoms with Crippen molar-refractivity contribution >= 4 is 29.7 Å². The summed E-state index contributed by atoms with van der Waals surface area (Å²) in [6.45, 7) is 6.40. The van der Waals surface area contributed by atoms with Gasteiger partial charge >= 0.3 is 6.09 Å². The maximum atomic E-state index is 13.4. The van der Waals surface area contributed by atoms with Gasteiger partial charge in [-0.1, -0.05) is 0 Å². The maximum absolute atomic E-state index is 13.4. The van der Waals surface area contributed by atoms with E-state index in [4.69, 9.17) is 4.74 Å². The van der Waals surface area contributed by atoms with Gasteiger partial charge in [0, 0.05) is 30.6 Å². The van der Waals surface area contributed by atoms with E-state index in [-0.39, 0.29) is 35.3 Å². The Labute approximate surface area is 186 Å². The molecular weight excluding hydrogens is 414 g/mol. The van der Waals surface area contributed by atoms with Crippen LogP contribution in [0.15, 0.2) is 12.1 Å². The van der Waals surface area contributed by atoms with Crippen molar-refractivity contribution in [3.05, 3.63) is 28.8 Å². The number of piperidine rings is 2. The van der Waals surface area contributed by atoms with E-state index in [1.165, 1.54) is 12.1 Å². The van der Waals surface area contributed by atoms with E-state index in [0.29, 0.717) is 13.1 Å². The lowest BCUT2D eigenvalue weighted by molar-refractivity contribution is -0.134. The van der Waals surface area contributed by atoms with Gasteiger partial charge in [0.2, 0.25) is 11.8 Å². The van der Waals surface area contributed by atoms with Crippen molar-refractivity contribution in [1.82, 2.24) is 15.1 Å². The van der Waals surface area contributed by atoms with E-state index >= 15 is 0 Å². The monoisotopic (exact) mass is 441 g/mol. The van der Waals surface area contributed by atoms with Crippen LogP contribution in [0.4, 0.5) is 4.79 Å². The number of likely N-dealkylation sites (tertiary alicyclic amines) is 1. The minimum absolute atomic E-state index is 0.0726. The average Bonchev–Trinajstić information content (AvgIpc) is 2.99. The van der Waals surface area contributed by atoms with Gasteiger partial charge in [-0.25, -0.2) is 4.79 Å². The fraction of sp³-hybridized carbons (Fsp3) is 0.522. The Balaban J connectivity index is 1.80. The third-order valence-corrected chi connectivity index (χ3v) is 6.13. The van der Waals surface area contributed by atoms with Crippen molar-refractivity contribution in [2.24, 2.45) is 0 Å². The summed E-state index contributed by atoms with van der Waals surface area (Å²) in [5.74, 6) is -2.77. The normalized spacial score (nSPS) is 21.5. The quantitative estimate of drug-likeness (QED) is 0.706. The number of carbonyl (C=O) groups is 5. The fourth-order valence-corrected chi connectivity index (χ4v) is 4.58. The highest BCUT2D eigenvalue weighted by molar-refractivity contribution is 6.23. The third kappa shape index (κ3) is 3.76. The Morgan fingerprint density at radius 3 is 2.34 bits per heavy atom.